The molecule has 0 radical (unpaired) electrons. The van der Waals surface area contributed by atoms with Gasteiger partial charge in [0.2, 0.25) is 0 Å². The second-order valence-electron chi connectivity index (χ2n) is 4.91. The van der Waals surface area contributed by atoms with Crippen molar-refractivity contribution in [3.63, 3.8) is 0 Å². The van der Waals surface area contributed by atoms with E-state index in [2.05, 4.69) is 16.9 Å². The van der Waals surface area contributed by atoms with E-state index in [0.29, 0.717) is 13.0 Å². The van der Waals surface area contributed by atoms with Crippen LogP contribution in [0.25, 0.3) is 0 Å². The van der Waals surface area contributed by atoms with Crippen LogP contribution in [0, 0.1) is 6.92 Å². The molecule has 1 atom stereocenters. The quantitative estimate of drug-likeness (QED) is 0.831. The van der Waals surface area contributed by atoms with Crippen LogP contribution in [0.5, 0.6) is 0 Å². The number of hydrogen-bond acceptors (Lipinski definition) is 3. The van der Waals surface area contributed by atoms with Crippen LogP contribution < -0.4 is 0 Å². The molecule has 1 fully saturated rings. The first-order chi connectivity index (χ1) is 8.01. The van der Waals surface area contributed by atoms with E-state index in [9.17, 15) is 4.79 Å². The number of carbonyl (C=O) groups is 1. The lowest BCUT2D eigenvalue weighted by Crippen LogP contribution is -2.23. The van der Waals surface area contributed by atoms with Gasteiger partial charge < -0.3 is 14.8 Å². The van der Waals surface area contributed by atoms with Gasteiger partial charge in [-0.15, -0.1) is 0 Å². The Kier molecular flexibility index (Phi) is 3.19. The third-order valence-corrected chi connectivity index (χ3v) is 3.35. The first-order valence-electron chi connectivity index (χ1n) is 5.87. The predicted octanol–water partition coefficient (Wildman–Crippen LogP) is 1.41. The predicted molar refractivity (Wildman–Crippen MR) is 62.1 cm³/mol. The average Bonchev–Trinajstić information content (AvgIpc) is 2.83. The fourth-order valence-corrected chi connectivity index (χ4v) is 2.10. The van der Waals surface area contributed by atoms with Crippen LogP contribution in [0.4, 0.5) is 0 Å². The molecule has 0 aromatic carbocycles. The highest BCUT2D eigenvalue weighted by molar-refractivity contribution is 5.67. The topological polar surface area (TPSA) is 75.2 Å². The molecule has 17 heavy (non-hydrogen) atoms. The number of rotatable bonds is 4. The van der Waals surface area contributed by atoms with E-state index in [0.717, 1.165) is 30.2 Å². The van der Waals surface area contributed by atoms with Crippen molar-refractivity contribution in [2.75, 3.05) is 13.2 Å². The van der Waals surface area contributed by atoms with Crippen molar-refractivity contribution in [1.29, 1.82) is 0 Å². The number of aryl methyl sites for hydroxylation is 2. The first kappa shape index (κ1) is 12.1. The molecule has 94 valence electrons. The standard InChI is InChI=1S/C12H18N2O3/c1-8-9(3-4-10(15)16)14-11(13-8)12(2)5-6-17-7-12/h3-7H2,1-2H3,(H,13,14)(H,15,16). The van der Waals surface area contributed by atoms with E-state index < -0.39 is 5.97 Å². The Morgan fingerprint density at radius 2 is 2.41 bits per heavy atom. The van der Waals surface area contributed by atoms with Gasteiger partial charge in [-0.2, -0.15) is 0 Å². The maximum Gasteiger partial charge on any atom is 0.303 e. The number of hydrogen-bond donors (Lipinski definition) is 2. The SMILES string of the molecule is Cc1[nH]c(C2(C)CCOC2)nc1CCC(=O)O. The van der Waals surface area contributed by atoms with Gasteiger partial charge in [-0.05, 0) is 13.3 Å². The van der Waals surface area contributed by atoms with Gasteiger partial charge in [0, 0.05) is 18.7 Å². The van der Waals surface area contributed by atoms with Crippen molar-refractivity contribution in [1.82, 2.24) is 9.97 Å². The summed E-state index contributed by atoms with van der Waals surface area (Å²) in [5.41, 5.74) is 1.77. The summed E-state index contributed by atoms with van der Waals surface area (Å²) in [6.07, 6.45) is 1.56. The lowest BCUT2D eigenvalue weighted by molar-refractivity contribution is -0.136. The van der Waals surface area contributed by atoms with Crippen LogP contribution in [0.2, 0.25) is 0 Å². The van der Waals surface area contributed by atoms with E-state index in [1.54, 1.807) is 0 Å². The highest BCUT2D eigenvalue weighted by Gasteiger charge is 2.34. The van der Waals surface area contributed by atoms with E-state index in [4.69, 9.17) is 9.84 Å². The zero-order chi connectivity index (χ0) is 12.5. The molecule has 0 saturated carbocycles. The molecule has 5 nitrogen and oxygen atoms in total. The molecule has 1 aliphatic heterocycles. The Labute approximate surface area is 100 Å². The van der Waals surface area contributed by atoms with Gasteiger partial charge in [0.15, 0.2) is 0 Å². The van der Waals surface area contributed by atoms with Crippen LogP contribution in [-0.2, 0) is 21.4 Å². The molecule has 1 aromatic heterocycles. The Bertz CT molecular complexity index is 419. The molecular weight excluding hydrogens is 220 g/mol. The van der Waals surface area contributed by atoms with Gasteiger partial charge in [-0.3, -0.25) is 4.79 Å². The van der Waals surface area contributed by atoms with Crippen LogP contribution in [0.3, 0.4) is 0 Å². The zero-order valence-electron chi connectivity index (χ0n) is 10.2. The van der Waals surface area contributed by atoms with Crippen LogP contribution in [-0.4, -0.2) is 34.3 Å². The van der Waals surface area contributed by atoms with Gasteiger partial charge in [0.25, 0.3) is 0 Å². The fourth-order valence-electron chi connectivity index (χ4n) is 2.10. The molecule has 2 N–H and O–H groups in total. The lowest BCUT2D eigenvalue weighted by atomic mass is 9.89. The summed E-state index contributed by atoms with van der Waals surface area (Å²) in [5, 5.41) is 8.68. The molecule has 0 amide bonds. The molecule has 2 heterocycles. The number of nitrogens with zero attached hydrogens (tertiary/aromatic N) is 1. The molecule has 1 aliphatic rings. The van der Waals surface area contributed by atoms with Crippen molar-refractivity contribution in [3.05, 3.63) is 17.2 Å². The maximum atomic E-state index is 10.6. The summed E-state index contributed by atoms with van der Waals surface area (Å²) in [7, 11) is 0. The van der Waals surface area contributed by atoms with Gasteiger partial charge in [-0.25, -0.2) is 4.98 Å². The van der Waals surface area contributed by atoms with E-state index in [-0.39, 0.29) is 11.8 Å². The van der Waals surface area contributed by atoms with Crippen molar-refractivity contribution in [2.45, 2.75) is 38.5 Å². The largest absolute Gasteiger partial charge is 0.481 e. The van der Waals surface area contributed by atoms with Crippen molar-refractivity contribution in [2.24, 2.45) is 0 Å². The number of aromatic nitrogens is 2. The van der Waals surface area contributed by atoms with E-state index in [1.807, 2.05) is 6.92 Å². The number of imidazole rings is 1. The van der Waals surface area contributed by atoms with Gasteiger partial charge in [0.05, 0.1) is 24.1 Å². The summed E-state index contributed by atoms with van der Waals surface area (Å²) < 4.78 is 5.41. The number of aromatic amines is 1. The molecule has 2 rings (SSSR count). The fraction of sp³-hybridized carbons (Fsp3) is 0.667. The number of aliphatic carboxylic acids is 1. The van der Waals surface area contributed by atoms with Gasteiger partial charge in [0.1, 0.15) is 5.82 Å². The van der Waals surface area contributed by atoms with E-state index in [1.165, 1.54) is 0 Å². The molecule has 0 bridgehead atoms. The smallest absolute Gasteiger partial charge is 0.303 e. The zero-order valence-corrected chi connectivity index (χ0v) is 10.2. The van der Waals surface area contributed by atoms with Crippen molar-refractivity contribution < 1.29 is 14.6 Å². The Balaban J connectivity index is 2.15. The average molecular weight is 238 g/mol. The van der Waals surface area contributed by atoms with E-state index >= 15 is 0 Å². The minimum Gasteiger partial charge on any atom is -0.481 e. The van der Waals surface area contributed by atoms with Crippen molar-refractivity contribution in [3.8, 4) is 0 Å². The van der Waals surface area contributed by atoms with Crippen molar-refractivity contribution >= 4 is 5.97 Å². The Hall–Kier alpha value is -1.36. The minimum absolute atomic E-state index is 0.0494. The first-order valence-corrected chi connectivity index (χ1v) is 5.87. The Morgan fingerprint density at radius 3 is 3.00 bits per heavy atom. The second kappa shape index (κ2) is 4.49. The minimum atomic E-state index is -0.788. The maximum absolute atomic E-state index is 10.6. The molecular formula is C12H18N2O3. The third-order valence-electron chi connectivity index (χ3n) is 3.35. The lowest BCUT2D eigenvalue weighted by Gasteiger charge is -2.18. The molecule has 1 saturated heterocycles. The summed E-state index contributed by atoms with van der Waals surface area (Å²) >= 11 is 0. The third kappa shape index (κ3) is 2.49. The van der Waals surface area contributed by atoms with Crippen LogP contribution >= 0.6 is 0 Å². The number of carboxylic acid groups (broad SMARTS) is 1. The molecule has 1 aromatic rings. The summed E-state index contributed by atoms with van der Waals surface area (Å²) in [5.74, 6) is 0.136. The summed E-state index contributed by atoms with van der Waals surface area (Å²) in [6, 6.07) is 0. The normalized spacial score (nSPS) is 24.1. The summed E-state index contributed by atoms with van der Waals surface area (Å²) in [4.78, 5) is 18.4. The second-order valence-corrected chi connectivity index (χ2v) is 4.91. The molecule has 0 aliphatic carbocycles. The highest BCUT2D eigenvalue weighted by atomic mass is 16.5. The monoisotopic (exact) mass is 238 g/mol. The van der Waals surface area contributed by atoms with Gasteiger partial charge in [-0.1, -0.05) is 6.92 Å². The Morgan fingerprint density at radius 1 is 1.65 bits per heavy atom. The van der Waals surface area contributed by atoms with Gasteiger partial charge >= 0.3 is 5.97 Å². The molecule has 0 spiro atoms. The highest BCUT2D eigenvalue weighted by Crippen LogP contribution is 2.31. The summed E-state index contributed by atoms with van der Waals surface area (Å²) in [6.45, 7) is 5.51. The number of ether oxygens (including phenoxy) is 1. The number of nitrogens with one attached hydrogen (secondary N) is 1. The van der Waals surface area contributed by atoms with Crippen LogP contribution in [0.1, 0.15) is 37.0 Å². The van der Waals surface area contributed by atoms with Crippen LogP contribution in [0.15, 0.2) is 0 Å². The number of H-pyrrole nitrogens is 1. The molecule has 1 unspecified atom stereocenters. The number of carboxylic acids is 1. The molecule has 5 heteroatoms.